The van der Waals surface area contributed by atoms with Crippen molar-refractivity contribution in [2.45, 2.75) is 19.9 Å². The fourth-order valence-electron chi connectivity index (χ4n) is 1.72. The first-order valence-corrected chi connectivity index (χ1v) is 5.79. The molecule has 0 saturated heterocycles. The average Bonchev–Trinajstić information content (AvgIpc) is 2.59. The normalized spacial score (nSPS) is 12.7. The Labute approximate surface area is 92.9 Å². The van der Waals surface area contributed by atoms with E-state index in [1.165, 1.54) is 15.6 Å². The molecule has 0 bridgehead atoms. The number of benzene rings is 1. The van der Waals surface area contributed by atoms with Crippen LogP contribution in [0.25, 0.3) is 10.1 Å². The summed E-state index contributed by atoms with van der Waals surface area (Å²) in [7, 11) is 0. The van der Waals surface area contributed by atoms with Gasteiger partial charge < -0.3 is 5.32 Å². The van der Waals surface area contributed by atoms with Crippen LogP contribution in [0, 0.1) is 0 Å². The molecule has 78 valence electrons. The third kappa shape index (κ3) is 2.02. The lowest BCUT2D eigenvalue weighted by Gasteiger charge is -2.11. The maximum absolute atomic E-state index is 11.0. The lowest BCUT2D eigenvalue weighted by molar-refractivity contribution is -0.119. The second-order valence-electron chi connectivity index (χ2n) is 3.61. The molecule has 0 spiro atoms. The molecule has 0 fully saturated rings. The van der Waals surface area contributed by atoms with E-state index < -0.39 is 0 Å². The van der Waals surface area contributed by atoms with E-state index in [-0.39, 0.29) is 11.9 Å². The van der Waals surface area contributed by atoms with Crippen molar-refractivity contribution in [3.8, 4) is 0 Å². The van der Waals surface area contributed by atoms with E-state index in [4.69, 9.17) is 0 Å². The second-order valence-corrected chi connectivity index (χ2v) is 4.52. The first-order valence-electron chi connectivity index (χ1n) is 4.91. The SMILES string of the molecule is CC(=O)NC(C)c1csc2ccccc12. The fraction of sp³-hybridized carbons (Fsp3) is 0.250. The molecule has 0 aliphatic heterocycles. The molecule has 1 aromatic carbocycles. The van der Waals surface area contributed by atoms with Gasteiger partial charge in [-0.2, -0.15) is 0 Å². The minimum atomic E-state index is 0.0118. The van der Waals surface area contributed by atoms with Crippen molar-refractivity contribution >= 4 is 27.3 Å². The lowest BCUT2D eigenvalue weighted by atomic mass is 10.1. The standard InChI is InChI=1S/C12H13NOS/c1-8(13-9(2)14)11-7-15-12-6-4-3-5-10(11)12/h3-8H,1-2H3,(H,13,14). The highest BCUT2D eigenvalue weighted by Crippen LogP contribution is 2.29. The molecule has 3 heteroatoms. The van der Waals surface area contributed by atoms with Gasteiger partial charge in [-0.3, -0.25) is 4.79 Å². The van der Waals surface area contributed by atoms with Crippen LogP contribution in [0.4, 0.5) is 0 Å². The van der Waals surface area contributed by atoms with Gasteiger partial charge in [0.05, 0.1) is 6.04 Å². The highest BCUT2D eigenvalue weighted by Gasteiger charge is 2.11. The second kappa shape index (κ2) is 4.03. The Bertz CT molecular complexity index is 489. The molecule has 0 aliphatic rings. The predicted octanol–water partition coefficient (Wildman–Crippen LogP) is 3.10. The third-order valence-electron chi connectivity index (χ3n) is 2.40. The summed E-state index contributed by atoms with van der Waals surface area (Å²) in [6.45, 7) is 3.56. The van der Waals surface area contributed by atoms with Gasteiger partial charge >= 0.3 is 0 Å². The highest BCUT2D eigenvalue weighted by molar-refractivity contribution is 7.17. The van der Waals surface area contributed by atoms with Crippen LogP contribution in [0.1, 0.15) is 25.5 Å². The van der Waals surface area contributed by atoms with Crippen LogP contribution in [-0.2, 0) is 4.79 Å². The van der Waals surface area contributed by atoms with Crippen LogP contribution in [0.15, 0.2) is 29.6 Å². The van der Waals surface area contributed by atoms with Crippen LogP contribution < -0.4 is 5.32 Å². The van der Waals surface area contributed by atoms with E-state index in [0.717, 1.165) is 0 Å². The largest absolute Gasteiger partial charge is 0.350 e. The van der Waals surface area contributed by atoms with E-state index in [1.807, 2.05) is 19.1 Å². The molecular formula is C12H13NOS. The number of hydrogen-bond donors (Lipinski definition) is 1. The Morgan fingerprint density at radius 3 is 2.87 bits per heavy atom. The Kier molecular flexibility index (Phi) is 2.73. The van der Waals surface area contributed by atoms with E-state index in [9.17, 15) is 4.79 Å². The zero-order valence-electron chi connectivity index (χ0n) is 8.78. The summed E-state index contributed by atoms with van der Waals surface area (Å²) in [5.41, 5.74) is 1.20. The van der Waals surface area contributed by atoms with Crippen molar-refractivity contribution in [3.05, 3.63) is 35.2 Å². The molecule has 0 radical (unpaired) electrons. The molecule has 1 unspecified atom stereocenters. The monoisotopic (exact) mass is 219 g/mol. The summed E-state index contributed by atoms with van der Waals surface area (Å²) in [6, 6.07) is 8.34. The van der Waals surface area contributed by atoms with Crippen LogP contribution in [-0.4, -0.2) is 5.91 Å². The van der Waals surface area contributed by atoms with Crippen molar-refractivity contribution in [3.63, 3.8) is 0 Å². The van der Waals surface area contributed by atoms with Crippen molar-refractivity contribution in [1.29, 1.82) is 0 Å². The van der Waals surface area contributed by atoms with Gasteiger partial charge in [0.1, 0.15) is 0 Å². The molecule has 2 aromatic rings. The number of nitrogens with one attached hydrogen (secondary N) is 1. The number of carbonyl (C=O) groups excluding carboxylic acids is 1. The van der Waals surface area contributed by atoms with Crippen molar-refractivity contribution in [2.75, 3.05) is 0 Å². The quantitative estimate of drug-likeness (QED) is 0.826. The van der Waals surface area contributed by atoms with Crippen LogP contribution in [0.5, 0.6) is 0 Å². The number of hydrogen-bond acceptors (Lipinski definition) is 2. The molecular weight excluding hydrogens is 206 g/mol. The van der Waals surface area contributed by atoms with E-state index >= 15 is 0 Å². The number of rotatable bonds is 2. The molecule has 15 heavy (non-hydrogen) atoms. The van der Waals surface area contributed by atoms with Gasteiger partial charge in [0.25, 0.3) is 0 Å². The van der Waals surface area contributed by atoms with E-state index in [0.29, 0.717) is 0 Å². The number of carbonyl (C=O) groups is 1. The van der Waals surface area contributed by atoms with Gasteiger partial charge in [-0.05, 0) is 29.3 Å². The topological polar surface area (TPSA) is 29.1 Å². The maximum Gasteiger partial charge on any atom is 0.217 e. The number of thiophene rings is 1. The van der Waals surface area contributed by atoms with E-state index in [2.05, 4.69) is 22.8 Å². The highest BCUT2D eigenvalue weighted by atomic mass is 32.1. The molecule has 1 atom stereocenters. The molecule has 2 rings (SSSR count). The molecule has 2 nitrogen and oxygen atoms in total. The van der Waals surface area contributed by atoms with Gasteiger partial charge in [-0.25, -0.2) is 0 Å². The van der Waals surface area contributed by atoms with Crippen molar-refractivity contribution < 1.29 is 4.79 Å². The lowest BCUT2D eigenvalue weighted by Crippen LogP contribution is -2.23. The van der Waals surface area contributed by atoms with Gasteiger partial charge in [0.15, 0.2) is 0 Å². The third-order valence-corrected chi connectivity index (χ3v) is 3.38. The summed E-state index contributed by atoms with van der Waals surface area (Å²) in [5, 5.41) is 6.26. The van der Waals surface area contributed by atoms with Gasteiger partial charge in [-0.15, -0.1) is 11.3 Å². The molecule has 0 aliphatic carbocycles. The average molecular weight is 219 g/mol. The van der Waals surface area contributed by atoms with E-state index in [1.54, 1.807) is 18.3 Å². The smallest absolute Gasteiger partial charge is 0.217 e. The van der Waals surface area contributed by atoms with Gasteiger partial charge in [0.2, 0.25) is 5.91 Å². The molecule has 1 amide bonds. The summed E-state index contributed by atoms with van der Waals surface area (Å²) in [5.74, 6) is 0.0118. The zero-order chi connectivity index (χ0) is 10.8. The number of fused-ring (bicyclic) bond motifs is 1. The molecule has 1 aromatic heterocycles. The van der Waals surface area contributed by atoms with Crippen molar-refractivity contribution in [2.24, 2.45) is 0 Å². The molecule has 0 saturated carbocycles. The Morgan fingerprint density at radius 1 is 1.40 bits per heavy atom. The number of amides is 1. The summed E-state index contributed by atoms with van der Waals surface area (Å²) in [4.78, 5) is 11.0. The van der Waals surface area contributed by atoms with Gasteiger partial charge in [-0.1, -0.05) is 18.2 Å². The fourth-order valence-corrected chi connectivity index (χ4v) is 2.77. The first kappa shape index (κ1) is 10.2. The van der Waals surface area contributed by atoms with Crippen LogP contribution >= 0.6 is 11.3 Å². The molecule has 1 heterocycles. The van der Waals surface area contributed by atoms with Crippen molar-refractivity contribution in [1.82, 2.24) is 5.32 Å². The summed E-state index contributed by atoms with van der Waals surface area (Å²) >= 11 is 1.72. The van der Waals surface area contributed by atoms with Crippen LogP contribution in [0.3, 0.4) is 0 Å². The maximum atomic E-state index is 11.0. The van der Waals surface area contributed by atoms with Crippen LogP contribution in [0.2, 0.25) is 0 Å². The summed E-state index contributed by atoms with van der Waals surface area (Å²) < 4.78 is 1.27. The Balaban J connectivity index is 2.39. The van der Waals surface area contributed by atoms with Gasteiger partial charge in [0, 0.05) is 11.6 Å². The summed E-state index contributed by atoms with van der Waals surface area (Å²) in [6.07, 6.45) is 0. The first-order chi connectivity index (χ1) is 7.18. The minimum absolute atomic E-state index is 0.0118. The minimum Gasteiger partial charge on any atom is -0.350 e. The Hall–Kier alpha value is -1.35. The molecule has 1 N–H and O–H groups in total. The Morgan fingerprint density at radius 2 is 2.13 bits per heavy atom. The predicted molar refractivity (Wildman–Crippen MR) is 64.1 cm³/mol. The zero-order valence-corrected chi connectivity index (χ0v) is 9.60.